The first-order chi connectivity index (χ1) is 19.1. The molecule has 1 aromatic carbocycles. The zero-order chi connectivity index (χ0) is 26.6. The molecule has 1 aliphatic carbocycles. The smallest absolute Gasteiger partial charge is 0.171 e. The Bertz CT molecular complexity index is 1100. The highest BCUT2D eigenvalue weighted by Crippen LogP contribution is 2.36. The van der Waals surface area contributed by atoms with Crippen LogP contribution in [0.5, 0.6) is 5.75 Å². The maximum Gasteiger partial charge on any atom is 0.171 e. The molecule has 0 atom stereocenters. The summed E-state index contributed by atoms with van der Waals surface area (Å²) in [5.41, 5.74) is 3.44. The van der Waals surface area contributed by atoms with E-state index in [1.807, 2.05) is 6.20 Å². The number of hydrogen-bond acceptors (Lipinski definition) is 7. The van der Waals surface area contributed by atoms with Gasteiger partial charge < -0.3 is 19.4 Å². The van der Waals surface area contributed by atoms with Gasteiger partial charge in [-0.2, -0.15) is 0 Å². The summed E-state index contributed by atoms with van der Waals surface area (Å²) in [6.07, 6.45) is 9.90. The maximum absolute atomic E-state index is 13.0. The number of piperazine rings is 2. The lowest BCUT2D eigenvalue weighted by Gasteiger charge is -2.37. The summed E-state index contributed by atoms with van der Waals surface area (Å²) in [6, 6.07) is 10.5. The van der Waals surface area contributed by atoms with E-state index in [2.05, 4.69) is 62.0 Å². The molecule has 0 unspecified atom stereocenters. The molecule has 0 amide bonds. The minimum Gasteiger partial charge on any atom is -0.489 e. The van der Waals surface area contributed by atoms with Crippen LogP contribution in [0.1, 0.15) is 54.4 Å². The second-order valence-electron chi connectivity index (χ2n) is 12.2. The fourth-order valence-corrected chi connectivity index (χ4v) is 6.89. The highest BCUT2D eigenvalue weighted by Gasteiger charge is 2.27. The molecule has 2 aromatic rings. The number of fused-ring (bicyclic) bond motifs is 1. The normalized spacial score (nSPS) is 24.4. The molecule has 3 fully saturated rings. The van der Waals surface area contributed by atoms with Gasteiger partial charge in [0, 0.05) is 88.2 Å². The lowest BCUT2D eigenvalue weighted by molar-refractivity contribution is 0.0940. The molecule has 0 radical (unpaired) electrons. The quantitative estimate of drug-likeness (QED) is 0.469. The molecular weight excluding hydrogens is 486 g/mol. The number of anilines is 2. The van der Waals surface area contributed by atoms with Crippen molar-refractivity contribution in [1.29, 1.82) is 0 Å². The number of aromatic nitrogens is 1. The molecule has 0 spiro atoms. The van der Waals surface area contributed by atoms with Gasteiger partial charge in [-0.05, 0) is 75.0 Å². The number of benzene rings is 1. The molecule has 4 aliphatic rings. The van der Waals surface area contributed by atoms with Crippen LogP contribution in [0.2, 0.25) is 0 Å². The largest absolute Gasteiger partial charge is 0.489 e. The monoisotopic (exact) mass is 531 g/mol. The summed E-state index contributed by atoms with van der Waals surface area (Å²) in [4.78, 5) is 27.5. The molecule has 3 aliphatic heterocycles. The van der Waals surface area contributed by atoms with E-state index in [1.165, 1.54) is 49.9 Å². The van der Waals surface area contributed by atoms with Crippen molar-refractivity contribution >= 4 is 17.3 Å². The van der Waals surface area contributed by atoms with Crippen molar-refractivity contribution in [3.8, 4) is 5.75 Å². The third-order valence-corrected chi connectivity index (χ3v) is 9.61. The average molecular weight is 532 g/mol. The third-order valence-electron chi connectivity index (χ3n) is 9.61. The van der Waals surface area contributed by atoms with Crippen LogP contribution < -0.4 is 14.5 Å². The van der Waals surface area contributed by atoms with E-state index in [0.717, 1.165) is 88.4 Å². The first-order valence-corrected chi connectivity index (χ1v) is 15.3. The van der Waals surface area contributed by atoms with Crippen LogP contribution in [0.4, 0.5) is 11.5 Å². The van der Waals surface area contributed by atoms with Gasteiger partial charge in [-0.1, -0.05) is 12.8 Å². The summed E-state index contributed by atoms with van der Waals surface area (Å²) in [5.74, 6) is 3.75. The van der Waals surface area contributed by atoms with Crippen LogP contribution in [-0.2, 0) is 6.42 Å². The molecule has 7 heteroatoms. The van der Waals surface area contributed by atoms with Gasteiger partial charge in [0.05, 0.1) is 6.61 Å². The Morgan fingerprint density at radius 2 is 1.56 bits per heavy atom. The minimum absolute atomic E-state index is 0.324. The zero-order valence-corrected chi connectivity index (χ0v) is 23.7. The summed E-state index contributed by atoms with van der Waals surface area (Å²) in [7, 11) is 2.18. The fourth-order valence-electron chi connectivity index (χ4n) is 6.89. The van der Waals surface area contributed by atoms with Crippen LogP contribution in [-0.4, -0.2) is 93.1 Å². The molecule has 210 valence electrons. The number of hydrogen-bond donors (Lipinski definition) is 0. The van der Waals surface area contributed by atoms with Crippen molar-refractivity contribution < 1.29 is 9.53 Å². The Labute approximate surface area is 234 Å². The molecule has 6 rings (SSSR count). The molecular formula is C32H45N5O2. The number of ether oxygens (including phenoxy) is 1. The summed E-state index contributed by atoms with van der Waals surface area (Å²) in [6.45, 7) is 10.6. The van der Waals surface area contributed by atoms with E-state index < -0.39 is 0 Å². The summed E-state index contributed by atoms with van der Waals surface area (Å²) in [5, 5.41) is 0. The second-order valence-corrected chi connectivity index (χ2v) is 12.2. The number of likely N-dealkylation sites (N-methyl/N-ethyl adjacent to an activating group) is 1. The lowest BCUT2D eigenvalue weighted by Crippen LogP contribution is -2.47. The second kappa shape index (κ2) is 12.3. The number of ketones is 1. The predicted octanol–water partition coefficient (Wildman–Crippen LogP) is 4.36. The van der Waals surface area contributed by atoms with Crippen LogP contribution in [0.15, 0.2) is 36.5 Å². The van der Waals surface area contributed by atoms with Gasteiger partial charge in [0.2, 0.25) is 0 Å². The van der Waals surface area contributed by atoms with E-state index in [0.29, 0.717) is 18.1 Å². The highest BCUT2D eigenvalue weighted by molar-refractivity contribution is 5.96. The van der Waals surface area contributed by atoms with E-state index in [4.69, 9.17) is 4.74 Å². The Hall–Kier alpha value is -2.64. The topological polar surface area (TPSA) is 52.2 Å². The van der Waals surface area contributed by atoms with E-state index in [9.17, 15) is 4.79 Å². The molecule has 1 aromatic heterocycles. The lowest BCUT2D eigenvalue weighted by atomic mass is 9.78. The van der Waals surface area contributed by atoms with Crippen molar-refractivity contribution in [3.63, 3.8) is 0 Å². The fraction of sp³-hybridized carbons (Fsp3) is 0.625. The van der Waals surface area contributed by atoms with E-state index in [1.54, 1.807) is 0 Å². The number of nitrogens with zero attached hydrogens (tertiary/aromatic N) is 5. The molecule has 0 N–H and O–H groups in total. The third kappa shape index (κ3) is 6.41. The molecule has 4 heterocycles. The van der Waals surface area contributed by atoms with Crippen molar-refractivity contribution in [3.05, 3.63) is 47.7 Å². The highest BCUT2D eigenvalue weighted by atomic mass is 16.5. The first kappa shape index (κ1) is 26.6. The van der Waals surface area contributed by atoms with Crippen molar-refractivity contribution in [2.24, 2.45) is 11.8 Å². The van der Waals surface area contributed by atoms with Gasteiger partial charge in [0.15, 0.2) is 17.4 Å². The Balaban J connectivity index is 0.894. The summed E-state index contributed by atoms with van der Waals surface area (Å²) >= 11 is 0. The number of carbonyl (C=O) groups is 1. The van der Waals surface area contributed by atoms with Gasteiger partial charge in [-0.15, -0.1) is 0 Å². The van der Waals surface area contributed by atoms with E-state index in [-0.39, 0.29) is 0 Å². The molecule has 7 nitrogen and oxygen atoms in total. The summed E-state index contributed by atoms with van der Waals surface area (Å²) < 4.78 is 5.88. The standard InChI is InChI=1S/C32H45N5O2/c1-34-15-19-36(20-16-34)29-8-6-27(7-9-29)30(38)24-26-4-2-25(3-5-26)11-14-35-17-21-37(22-18-35)32-31-28(10-13-33-32)12-23-39-31/h6-10,13,25-26H,2-5,11-12,14-24H2,1H3. The van der Waals surface area contributed by atoms with Crippen molar-refractivity contribution in [2.75, 3.05) is 82.4 Å². The predicted molar refractivity (Wildman–Crippen MR) is 157 cm³/mol. The van der Waals surface area contributed by atoms with Crippen LogP contribution in [0.25, 0.3) is 0 Å². The Morgan fingerprint density at radius 3 is 2.31 bits per heavy atom. The van der Waals surface area contributed by atoms with E-state index >= 15 is 0 Å². The molecule has 1 saturated carbocycles. The molecule has 2 saturated heterocycles. The van der Waals surface area contributed by atoms with Crippen LogP contribution >= 0.6 is 0 Å². The number of pyridine rings is 1. The molecule has 39 heavy (non-hydrogen) atoms. The van der Waals surface area contributed by atoms with Gasteiger partial charge in [0.1, 0.15) is 0 Å². The SMILES string of the molecule is CN1CCN(c2ccc(C(=O)CC3CCC(CCN4CCN(c5nccc6c5OCC6)CC4)CC3)cc2)CC1. The average Bonchev–Trinajstić information content (AvgIpc) is 3.47. The zero-order valence-electron chi connectivity index (χ0n) is 23.7. The van der Waals surface area contributed by atoms with Crippen molar-refractivity contribution in [1.82, 2.24) is 14.8 Å². The van der Waals surface area contributed by atoms with Gasteiger partial charge in [-0.3, -0.25) is 9.69 Å². The number of Topliss-reactive ketones (excluding diaryl/α,β-unsaturated/α-hetero) is 1. The Morgan fingerprint density at radius 1 is 0.872 bits per heavy atom. The van der Waals surface area contributed by atoms with Gasteiger partial charge in [-0.25, -0.2) is 4.98 Å². The first-order valence-electron chi connectivity index (χ1n) is 15.3. The van der Waals surface area contributed by atoms with Crippen molar-refractivity contribution in [2.45, 2.75) is 44.9 Å². The molecule has 0 bridgehead atoms. The number of carbonyl (C=O) groups excluding carboxylic acids is 1. The minimum atomic E-state index is 0.324. The van der Waals surface area contributed by atoms with Gasteiger partial charge >= 0.3 is 0 Å². The maximum atomic E-state index is 13.0. The van der Waals surface area contributed by atoms with Gasteiger partial charge in [0.25, 0.3) is 0 Å². The number of rotatable bonds is 8. The van der Waals surface area contributed by atoms with Crippen LogP contribution in [0, 0.1) is 11.8 Å². The Kier molecular flexibility index (Phi) is 8.35. The van der Waals surface area contributed by atoms with Crippen LogP contribution in [0.3, 0.4) is 0 Å².